The second-order valence-corrected chi connectivity index (χ2v) is 3.97. The lowest BCUT2D eigenvalue weighted by Gasteiger charge is -2.17. The predicted octanol–water partition coefficient (Wildman–Crippen LogP) is 2.47. The Kier molecular flexibility index (Phi) is 2.07. The summed E-state index contributed by atoms with van der Waals surface area (Å²) in [5, 5.41) is 0. The first-order valence-corrected chi connectivity index (χ1v) is 4.90. The van der Waals surface area contributed by atoms with Gasteiger partial charge in [0.1, 0.15) is 0 Å². The molecule has 0 spiro atoms. The van der Waals surface area contributed by atoms with Crippen LogP contribution in [0.4, 0.5) is 0 Å². The Balaban J connectivity index is 2.85. The van der Waals surface area contributed by atoms with Gasteiger partial charge in [0.15, 0.2) is 0 Å². The normalized spacial score (nSPS) is 15.0. The van der Waals surface area contributed by atoms with Crippen LogP contribution in [-0.2, 0) is 4.79 Å². The van der Waals surface area contributed by atoms with Crippen LogP contribution in [0, 0.1) is 13.8 Å². The molecule has 0 saturated heterocycles. The first-order valence-electron chi connectivity index (χ1n) is 4.90. The predicted molar refractivity (Wildman–Crippen MR) is 58.9 cm³/mol. The van der Waals surface area contributed by atoms with Gasteiger partial charge in [0.05, 0.1) is 0 Å². The van der Waals surface area contributed by atoms with Crippen molar-refractivity contribution in [2.75, 3.05) is 0 Å². The Labute approximate surface area is 88.6 Å². The fourth-order valence-electron chi connectivity index (χ4n) is 2.07. The van der Waals surface area contributed by atoms with E-state index in [1.165, 1.54) is 6.08 Å². The zero-order valence-corrected chi connectivity index (χ0v) is 9.05. The number of aryl methyl sites for hydroxylation is 2. The monoisotopic (exact) mass is 200 g/mol. The second kappa shape index (κ2) is 3.16. The highest BCUT2D eigenvalue weighted by molar-refractivity contribution is 6.50. The molecule has 2 nitrogen and oxygen atoms in total. The van der Waals surface area contributed by atoms with Gasteiger partial charge in [0.2, 0.25) is 11.6 Å². The van der Waals surface area contributed by atoms with Gasteiger partial charge in [0.25, 0.3) is 0 Å². The van der Waals surface area contributed by atoms with Crippen molar-refractivity contribution >= 4 is 17.1 Å². The maximum atomic E-state index is 11.7. The Bertz CT molecular complexity index is 508. The van der Waals surface area contributed by atoms with E-state index in [2.05, 4.69) is 0 Å². The molecule has 0 saturated carbocycles. The molecule has 1 aliphatic rings. The van der Waals surface area contributed by atoms with E-state index in [1.807, 2.05) is 32.9 Å². The quantitative estimate of drug-likeness (QED) is 0.603. The number of Topliss-reactive ketones (excluding diaryl/α,β-unsaturated/α-hetero) is 1. The van der Waals surface area contributed by atoms with Gasteiger partial charge in [-0.05, 0) is 49.1 Å². The summed E-state index contributed by atoms with van der Waals surface area (Å²) in [5.74, 6) is -0.787. The van der Waals surface area contributed by atoms with Gasteiger partial charge in [-0.3, -0.25) is 9.59 Å². The van der Waals surface area contributed by atoms with E-state index < -0.39 is 5.78 Å². The van der Waals surface area contributed by atoms with Gasteiger partial charge < -0.3 is 0 Å². The summed E-state index contributed by atoms with van der Waals surface area (Å²) in [5.41, 5.74) is 4.32. The van der Waals surface area contributed by atoms with Crippen molar-refractivity contribution < 1.29 is 9.59 Å². The number of benzene rings is 1. The Morgan fingerprint density at radius 2 is 1.40 bits per heavy atom. The van der Waals surface area contributed by atoms with Crippen LogP contribution in [0.15, 0.2) is 18.2 Å². The van der Waals surface area contributed by atoms with Crippen molar-refractivity contribution in [1.29, 1.82) is 0 Å². The lowest BCUT2D eigenvalue weighted by molar-refractivity contribution is -0.111. The van der Waals surface area contributed by atoms with E-state index in [9.17, 15) is 9.59 Å². The maximum Gasteiger partial charge on any atom is 0.233 e. The summed E-state index contributed by atoms with van der Waals surface area (Å²) in [7, 11) is 0. The van der Waals surface area contributed by atoms with E-state index in [0.29, 0.717) is 5.56 Å². The van der Waals surface area contributed by atoms with Crippen molar-refractivity contribution in [1.82, 2.24) is 0 Å². The molecule has 0 N–H and O–H groups in total. The van der Waals surface area contributed by atoms with Gasteiger partial charge >= 0.3 is 0 Å². The number of carbonyl (C=O) groups is 2. The molecule has 15 heavy (non-hydrogen) atoms. The number of carbonyl (C=O) groups excluding carboxylic acids is 2. The molecule has 1 aromatic carbocycles. The van der Waals surface area contributed by atoms with Gasteiger partial charge in [0, 0.05) is 5.56 Å². The third kappa shape index (κ3) is 1.33. The fourth-order valence-corrected chi connectivity index (χ4v) is 2.07. The summed E-state index contributed by atoms with van der Waals surface area (Å²) in [6.45, 7) is 5.69. The number of allylic oxidation sites excluding steroid dienone is 2. The number of ketones is 2. The Morgan fingerprint density at radius 3 is 2.00 bits per heavy atom. The fraction of sp³-hybridized carbons (Fsp3) is 0.231. The minimum Gasteiger partial charge on any atom is -0.286 e. The molecule has 1 aromatic rings. The molecule has 2 heteroatoms. The molecule has 76 valence electrons. The van der Waals surface area contributed by atoms with Crippen LogP contribution in [-0.4, -0.2) is 11.6 Å². The molecule has 2 rings (SSSR count). The Hall–Kier alpha value is -1.70. The lowest BCUT2D eigenvalue weighted by atomic mass is 9.84. The van der Waals surface area contributed by atoms with E-state index in [4.69, 9.17) is 0 Å². The van der Waals surface area contributed by atoms with Gasteiger partial charge in [-0.25, -0.2) is 0 Å². The topological polar surface area (TPSA) is 34.1 Å². The standard InChI is InChI=1S/C13H12O2/c1-7-4-5-8(2)12-11(7)9(3)6-10(14)13(12)15/h4-6H,1-3H3. The molecule has 0 aromatic heterocycles. The Morgan fingerprint density at radius 1 is 0.867 bits per heavy atom. The second-order valence-electron chi connectivity index (χ2n) is 3.97. The zero-order chi connectivity index (χ0) is 11.2. The molecular formula is C13H12O2. The molecule has 0 fully saturated rings. The molecule has 0 amide bonds. The van der Waals surface area contributed by atoms with Gasteiger partial charge in [-0.15, -0.1) is 0 Å². The van der Waals surface area contributed by atoms with Crippen LogP contribution < -0.4 is 0 Å². The molecule has 0 unspecified atom stereocenters. The first kappa shape index (κ1) is 9.84. The van der Waals surface area contributed by atoms with Crippen LogP contribution in [0.3, 0.4) is 0 Å². The highest BCUT2D eigenvalue weighted by Crippen LogP contribution is 2.29. The van der Waals surface area contributed by atoms with E-state index in [-0.39, 0.29) is 5.78 Å². The van der Waals surface area contributed by atoms with Gasteiger partial charge in [-0.2, -0.15) is 0 Å². The van der Waals surface area contributed by atoms with E-state index in [1.54, 1.807) is 0 Å². The molecular weight excluding hydrogens is 188 g/mol. The average molecular weight is 200 g/mol. The van der Waals surface area contributed by atoms with Crippen molar-refractivity contribution in [3.8, 4) is 0 Å². The van der Waals surface area contributed by atoms with Crippen LogP contribution >= 0.6 is 0 Å². The third-order valence-corrected chi connectivity index (χ3v) is 2.81. The summed E-state index contributed by atoms with van der Waals surface area (Å²) in [6, 6.07) is 3.87. The smallest absolute Gasteiger partial charge is 0.233 e. The highest BCUT2D eigenvalue weighted by Gasteiger charge is 2.26. The van der Waals surface area contributed by atoms with E-state index >= 15 is 0 Å². The zero-order valence-electron chi connectivity index (χ0n) is 9.05. The molecule has 0 radical (unpaired) electrons. The van der Waals surface area contributed by atoms with Crippen molar-refractivity contribution in [2.45, 2.75) is 20.8 Å². The van der Waals surface area contributed by atoms with Crippen LogP contribution in [0.1, 0.15) is 34.0 Å². The molecule has 0 atom stereocenters. The van der Waals surface area contributed by atoms with Gasteiger partial charge in [-0.1, -0.05) is 12.1 Å². The average Bonchev–Trinajstić information content (AvgIpc) is 2.18. The number of fused-ring (bicyclic) bond motifs is 1. The van der Waals surface area contributed by atoms with Crippen molar-refractivity contribution in [2.24, 2.45) is 0 Å². The van der Waals surface area contributed by atoms with Crippen molar-refractivity contribution in [3.05, 3.63) is 40.5 Å². The minimum absolute atomic E-state index is 0.378. The summed E-state index contributed by atoms with van der Waals surface area (Å²) >= 11 is 0. The van der Waals surface area contributed by atoms with E-state index in [0.717, 1.165) is 22.3 Å². The summed E-state index contributed by atoms with van der Waals surface area (Å²) < 4.78 is 0. The summed E-state index contributed by atoms with van der Waals surface area (Å²) in [4.78, 5) is 23.1. The molecule has 1 aliphatic carbocycles. The molecule has 0 bridgehead atoms. The number of hydrogen-bond donors (Lipinski definition) is 0. The largest absolute Gasteiger partial charge is 0.286 e. The first-order chi connectivity index (χ1) is 7.02. The highest BCUT2D eigenvalue weighted by atomic mass is 16.2. The van der Waals surface area contributed by atoms with Crippen molar-refractivity contribution in [3.63, 3.8) is 0 Å². The number of hydrogen-bond acceptors (Lipinski definition) is 2. The minimum atomic E-state index is -0.409. The maximum absolute atomic E-state index is 11.7. The molecule has 0 heterocycles. The number of rotatable bonds is 0. The van der Waals surface area contributed by atoms with Crippen LogP contribution in [0.2, 0.25) is 0 Å². The van der Waals surface area contributed by atoms with Crippen LogP contribution in [0.25, 0.3) is 5.57 Å². The van der Waals surface area contributed by atoms with Crippen LogP contribution in [0.5, 0.6) is 0 Å². The SMILES string of the molecule is CC1=CC(=O)C(=O)c2c(C)ccc(C)c21. The molecule has 0 aliphatic heterocycles. The lowest BCUT2D eigenvalue weighted by Crippen LogP contribution is -2.20. The summed E-state index contributed by atoms with van der Waals surface area (Å²) in [6.07, 6.45) is 1.43. The third-order valence-electron chi connectivity index (χ3n) is 2.81.